The average molecular weight is 270 g/mol. The predicted molar refractivity (Wildman–Crippen MR) is 68.2 cm³/mol. The Balaban J connectivity index is 2.01. The summed E-state index contributed by atoms with van der Waals surface area (Å²) >= 11 is 0. The van der Waals surface area contributed by atoms with Crippen LogP contribution in [0.3, 0.4) is 0 Å². The van der Waals surface area contributed by atoms with Gasteiger partial charge in [0, 0.05) is 19.6 Å². The smallest absolute Gasteiger partial charge is 0.410 e. The molecule has 19 heavy (non-hydrogen) atoms. The fourth-order valence-corrected chi connectivity index (χ4v) is 2.84. The van der Waals surface area contributed by atoms with Crippen LogP contribution in [-0.2, 0) is 14.4 Å². The molecule has 0 spiro atoms. The second-order valence-corrected chi connectivity index (χ2v) is 6.44. The zero-order valence-corrected chi connectivity index (χ0v) is 12.2. The lowest BCUT2D eigenvalue weighted by Gasteiger charge is -2.37. The van der Waals surface area contributed by atoms with Crippen LogP contribution >= 0.6 is 0 Å². The van der Waals surface area contributed by atoms with Gasteiger partial charge in [-0.1, -0.05) is 0 Å². The number of ether oxygens (including phenoxy) is 1. The zero-order valence-electron chi connectivity index (χ0n) is 12.2. The van der Waals surface area contributed by atoms with Crippen molar-refractivity contribution >= 4 is 12.0 Å². The summed E-state index contributed by atoms with van der Waals surface area (Å²) in [6, 6.07) is 0.129. The molecule has 0 aromatic rings. The van der Waals surface area contributed by atoms with E-state index in [1.54, 1.807) is 11.9 Å². The van der Waals surface area contributed by atoms with E-state index in [4.69, 9.17) is 9.57 Å². The Hall–Kier alpha value is -1.30. The Bertz CT molecular complexity index is 396. The van der Waals surface area contributed by atoms with Crippen LogP contribution in [0.2, 0.25) is 0 Å². The number of rotatable bonds is 2. The van der Waals surface area contributed by atoms with E-state index in [0.29, 0.717) is 19.4 Å². The highest BCUT2D eigenvalue weighted by atomic mass is 16.7. The van der Waals surface area contributed by atoms with E-state index in [9.17, 15) is 9.59 Å². The standard InChI is InChI=1S/C13H22N2O4/c1-12(2,3)19-11(17)15-8-13(6-9(15)7-13)10(16)14(4)18-5/h9H,6-8H2,1-5H3. The van der Waals surface area contributed by atoms with Gasteiger partial charge in [-0.2, -0.15) is 0 Å². The van der Waals surface area contributed by atoms with Gasteiger partial charge in [-0.3, -0.25) is 9.63 Å². The molecule has 0 aromatic carbocycles. The second kappa shape index (κ2) is 4.37. The minimum absolute atomic E-state index is 0.0580. The van der Waals surface area contributed by atoms with E-state index in [0.717, 1.165) is 0 Å². The largest absolute Gasteiger partial charge is 0.444 e. The van der Waals surface area contributed by atoms with Crippen molar-refractivity contribution in [1.29, 1.82) is 0 Å². The third-order valence-corrected chi connectivity index (χ3v) is 3.81. The highest BCUT2D eigenvalue weighted by Gasteiger charge is 2.62. The molecule has 0 N–H and O–H groups in total. The average Bonchev–Trinajstić information content (AvgIpc) is 2.79. The van der Waals surface area contributed by atoms with E-state index in [1.807, 2.05) is 20.8 Å². The maximum atomic E-state index is 12.2. The SMILES string of the molecule is CON(C)C(=O)C12CC(C1)N(C(=O)OC(C)(C)C)C2. The predicted octanol–water partition coefficient (Wildman–Crippen LogP) is 1.41. The van der Waals surface area contributed by atoms with E-state index in [1.165, 1.54) is 12.2 Å². The normalized spacial score (nSPS) is 28.9. The molecule has 3 aliphatic rings. The van der Waals surface area contributed by atoms with Gasteiger partial charge in [0.05, 0.1) is 12.5 Å². The Morgan fingerprint density at radius 1 is 1.32 bits per heavy atom. The molecule has 0 unspecified atom stereocenters. The number of nitrogens with zero attached hydrogens (tertiary/aromatic N) is 2. The minimum atomic E-state index is -0.509. The summed E-state index contributed by atoms with van der Waals surface area (Å²) in [7, 11) is 3.06. The topological polar surface area (TPSA) is 59.1 Å². The third kappa shape index (κ3) is 2.41. The van der Waals surface area contributed by atoms with Gasteiger partial charge in [-0.15, -0.1) is 0 Å². The Morgan fingerprint density at radius 2 is 1.89 bits per heavy atom. The van der Waals surface area contributed by atoms with Crippen molar-refractivity contribution in [3.05, 3.63) is 0 Å². The molecule has 0 radical (unpaired) electrons. The van der Waals surface area contributed by atoms with Crippen molar-refractivity contribution in [2.45, 2.75) is 45.3 Å². The van der Waals surface area contributed by atoms with Crippen LogP contribution in [0.4, 0.5) is 4.79 Å². The summed E-state index contributed by atoms with van der Waals surface area (Å²) in [5.41, 5.74) is -0.975. The molecule has 0 atom stereocenters. The van der Waals surface area contributed by atoms with Gasteiger partial charge in [0.25, 0.3) is 5.91 Å². The quantitative estimate of drug-likeness (QED) is 0.712. The van der Waals surface area contributed by atoms with Crippen LogP contribution in [0, 0.1) is 5.41 Å². The number of carbonyl (C=O) groups excluding carboxylic acids is 2. The molecule has 0 aromatic heterocycles. The Morgan fingerprint density at radius 3 is 2.37 bits per heavy atom. The fourth-order valence-electron chi connectivity index (χ4n) is 2.84. The van der Waals surface area contributed by atoms with Crippen LogP contribution in [0.1, 0.15) is 33.6 Å². The molecule has 2 amide bonds. The summed E-state index contributed by atoms with van der Waals surface area (Å²) in [5.74, 6) is -0.0580. The van der Waals surface area contributed by atoms with Gasteiger partial charge in [0.1, 0.15) is 5.60 Å². The molecule has 2 saturated heterocycles. The highest BCUT2D eigenvalue weighted by molar-refractivity contribution is 5.86. The lowest BCUT2D eigenvalue weighted by molar-refractivity contribution is -0.182. The Labute approximate surface area is 113 Å². The first-order chi connectivity index (χ1) is 8.68. The van der Waals surface area contributed by atoms with Gasteiger partial charge < -0.3 is 9.64 Å². The summed E-state index contributed by atoms with van der Waals surface area (Å²) in [4.78, 5) is 30.9. The van der Waals surface area contributed by atoms with Gasteiger partial charge in [0.15, 0.2) is 0 Å². The zero-order chi connectivity index (χ0) is 14.4. The van der Waals surface area contributed by atoms with E-state index in [-0.39, 0.29) is 18.0 Å². The maximum absolute atomic E-state index is 12.2. The third-order valence-electron chi connectivity index (χ3n) is 3.81. The van der Waals surface area contributed by atoms with Crippen molar-refractivity contribution < 1.29 is 19.2 Å². The van der Waals surface area contributed by atoms with Gasteiger partial charge in [-0.05, 0) is 33.6 Å². The molecule has 2 bridgehead atoms. The number of hydroxylamine groups is 2. The molecule has 2 heterocycles. The van der Waals surface area contributed by atoms with E-state index in [2.05, 4.69) is 0 Å². The highest BCUT2D eigenvalue weighted by Crippen LogP contribution is 2.53. The van der Waals surface area contributed by atoms with Crippen LogP contribution < -0.4 is 0 Å². The maximum Gasteiger partial charge on any atom is 0.410 e. The summed E-state index contributed by atoms with van der Waals surface area (Å²) < 4.78 is 5.36. The molecule has 3 rings (SSSR count). The molecular formula is C13H22N2O4. The van der Waals surface area contributed by atoms with Crippen LogP contribution in [0.5, 0.6) is 0 Å². The molecule has 1 saturated carbocycles. The van der Waals surface area contributed by atoms with Crippen molar-refractivity contribution in [2.24, 2.45) is 5.41 Å². The number of hydrogen-bond donors (Lipinski definition) is 0. The lowest BCUT2D eigenvalue weighted by atomic mass is 9.69. The molecule has 2 aliphatic heterocycles. The van der Waals surface area contributed by atoms with E-state index < -0.39 is 11.0 Å². The summed E-state index contributed by atoms with van der Waals surface area (Å²) in [6.07, 6.45) is 1.09. The molecule has 6 heteroatoms. The lowest BCUT2D eigenvalue weighted by Crippen LogP contribution is -2.47. The molecular weight excluding hydrogens is 248 g/mol. The van der Waals surface area contributed by atoms with Crippen molar-refractivity contribution in [1.82, 2.24) is 9.96 Å². The van der Waals surface area contributed by atoms with E-state index >= 15 is 0 Å². The fraction of sp³-hybridized carbons (Fsp3) is 0.846. The number of amides is 2. The number of hydrogen-bond acceptors (Lipinski definition) is 4. The first-order valence-electron chi connectivity index (χ1n) is 6.50. The summed E-state index contributed by atoms with van der Waals surface area (Å²) in [6.45, 7) is 5.94. The van der Waals surface area contributed by atoms with Gasteiger partial charge in [-0.25, -0.2) is 9.86 Å². The van der Waals surface area contributed by atoms with Crippen LogP contribution in [0.25, 0.3) is 0 Å². The van der Waals surface area contributed by atoms with Crippen molar-refractivity contribution in [3.63, 3.8) is 0 Å². The Kier molecular flexibility index (Phi) is 3.24. The first-order valence-corrected chi connectivity index (χ1v) is 6.50. The van der Waals surface area contributed by atoms with Gasteiger partial charge >= 0.3 is 6.09 Å². The molecule has 108 valence electrons. The number of fused-ring (bicyclic) bond motifs is 1. The molecule has 6 nitrogen and oxygen atoms in total. The molecule has 1 aliphatic carbocycles. The van der Waals surface area contributed by atoms with Crippen LogP contribution in [-0.4, -0.2) is 54.3 Å². The second-order valence-electron chi connectivity index (χ2n) is 6.44. The minimum Gasteiger partial charge on any atom is -0.444 e. The van der Waals surface area contributed by atoms with Crippen molar-refractivity contribution in [3.8, 4) is 0 Å². The van der Waals surface area contributed by atoms with Crippen LogP contribution in [0.15, 0.2) is 0 Å². The van der Waals surface area contributed by atoms with Crippen molar-refractivity contribution in [2.75, 3.05) is 20.7 Å². The molecule has 3 fully saturated rings. The monoisotopic (exact) mass is 270 g/mol. The number of carbonyl (C=O) groups is 2. The first kappa shape index (κ1) is 14.1. The van der Waals surface area contributed by atoms with Gasteiger partial charge in [0.2, 0.25) is 0 Å². The summed E-state index contributed by atoms with van der Waals surface area (Å²) in [5, 5.41) is 1.24.